The highest BCUT2D eigenvalue weighted by atomic mass is 19.4. The lowest BCUT2D eigenvalue weighted by Crippen LogP contribution is -2.19. The van der Waals surface area contributed by atoms with Crippen molar-refractivity contribution in [1.82, 2.24) is 0 Å². The number of hydrogen-bond acceptors (Lipinski definition) is 3. The van der Waals surface area contributed by atoms with Crippen molar-refractivity contribution >= 4 is 0 Å². The molecule has 0 aliphatic rings. The third kappa shape index (κ3) is 4.79. The zero-order chi connectivity index (χ0) is 18.8. The van der Waals surface area contributed by atoms with Gasteiger partial charge in [0, 0.05) is 0 Å². The summed E-state index contributed by atoms with van der Waals surface area (Å²) in [5.74, 6) is -0.480. The SMILES string of the molecule is COc1ccc([C@H](N)c2ccc(OC(F)(F)F)cc2)c(C(F)(F)F)c1. The maximum Gasteiger partial charge on any atom is 0.573 e. The van der Waals surface area contributed by atoms with Gasteiger partial charge in [-0.3, -0.25) is 0 Å². The van der Waals surface area contributed by atoms with Crippen molar-refractivity contribution in [2.24, 2.45) is 5.73 Å². The van der Waals surface area contributed by atoms with Crippen molar-refractivity contribution in [1.29, 1.82) is 0 Å². The summed E-state index contributed by atoms with van der Waals surface area (Å²) in [6.07, 6.45) is -9.52. The van der Waals surface area contributed by atoms with E-state index in [1.54, 1.807) is 0 Å². The molecule has 2 N–H and O–H groups in total. The van der Waals surface area contributed by atoms with Crippen LogP contribution in [-0.2, 0) is 6.18 Å². The van der Waals surface area contributed by atoms with Crippen LogP contribution in [0.25, 0.3) is 0 Å². The fraction of sp³-hybridized carbons (Fsp3) is 0.250. The smallest absolute Gasteiger partial charge is 0.497 e. The molecule has 0 radical (unpaired) electrons. The van der Waals surface area contributed by atoms with Crippen LogP contribution in [0.2, 0.25) is 0 Å². The molecule has 25 heavy (non-hydrogen) atoms. The Morgan fingerprint density at radius 2 is 1.44 bits per heavy atom. The molecule has 136 valence electrons. The number of alkyl halides is 6. The Labute approximate surface area is 139 Å². The molecular weight excluding hydrogens is 352 g/mol. The lowest BCUT2D eigenvalue weighted by molar-refractivity contribution is -0.274. The minimum atomic E-state index is -4.86. The summed E-state index contributed by atoms with van der Waals surface area (Å²) in [6, 6.07) is 6.45. The minimum absolute atomic E-state index is 0.0113. The normalized spacial score (nSPS) is 13.4. The second kappa shape index (κ2) is 6.83. The molecule has 0 amide bonds. The van der Waals surface area contributed by atoms with E-state index in [2.05, 4.69) is 4.74 Å². The van der Waals surface area contributed by atoms with Crippen molar-refractivity contribution in [2.45, 2.75) is 18.6 Å². The van der Waals surface area contributed by atoms with Gasteiger partial charge in [-0.2, -0.15) is 13.2 Å². The van der Waals surface area contributed by atoms with E-state index in [4.69, 9.17) is 10.5 Å². The van der Waals surface area contributed by atoms with Gasteiger partial charge in [0.2, 0.25) is 0 Å². The summed E-state index contributed by atoms with van der Waals surface area (Å²) in [5, 5.41) is 0. The molecule has 0 heterocycles. The van der Waals surface area contributed by atoms with Crippen LogP contribution in [0.3, 0.4) is 0 Å². The van der Waals surface area contributed by atoms with Crippen molar-refractivity contribution in [3.8, 4) is 11.5 Å². The van der Waals surface area contributed by atoms with Crippen molar-refractivity contribution in [3.05, 3.63) is 59.2 Å². The number of halogens is 6. The average Bonchev–Trinajstić information content (AvgIpc) is 2.52. The molecule has 0 aromatic heterocycles. The third-order valence-electron chi connectivity index (χ3n) is 3.37. The van der Waals surface area contributed by atoms with E-state index in [0.29, 0.717) is 0 Å². The summed E-state index contributed by atoms with van der Waals surface area (Å²) in [7, 11) is 1.23. The van der Waals surface area contributed by atoms with Gasteiger partial charge in [-0.15, -0.1) is 13.2 Å². The van der Waals surface area contributed by atoms with Crippen LogP contribution in [0.5, 0.6) is 11.5 Å². The van der Waals surface area contributed by atoms with E-state index in [-0.39, 0.29) is 16.9 Å². The van der Waals surface area contributed by atoms with Gasteiger partial charge < -0.3 is 15.2 Å². The lowest BCUT2D eigenvalue weighted by Gasteiger charge is -2.20. The fourth-order valence-electron chi connectivity index (χ4n) is 2.24. The van der Waals surface area contributed by atoms with Gasteiger partial charge in [0.25, 0.3) is 0 Å². The van der Waals surface area contributed by atoms with Gasteiger partial charge in [0.1, 0.15) is 11.5 Å². The first-order chi connectivity index (χ1) is 11.5. The van der Waals surface area contributed by atoms with Crippen LogP contribution in [0.1, 0.15) is 22.7 Å². The molecule has 2 aromatic carbocycles. The second-order valence-electron chi connectivity index (χ2n) is 5.05. The van der Waals surface area contributed by atoms with E-state index in [1.165, 1.54) is 31.4 Å². The van der Waals surface area contributed by atoms with E-state index in [9.17, 15) is 26.3 Å². The summed E-state index contributed by atoms with van der Waals surface area (Å²) in [6.45, 7) is 0. The van der Waals surface area contributed by atoms with E-state index >= 15 is 0 Å². The molecule has 0 aliphatic heterocycles. The quantitative estimate of drug-likeness (QED) is 0.802. The van der Waals surface area contributed by atoms with Crippen molar-refractivity contribution < 1.29 is 35.8 Å². The van der Waals surface area contributed by atoms with Crippen LogP contribution >= 0.6 is 0 Å². The lowest BCUT2D eigenvalue weighted by atomic mass is 9.94. The molecule has 0 bridgehead atoms. The molecule has 0 saturated carbocycles. The molecule has 0 spiro atoms. The van der Waals surface area contributed by atoms with Crippen LogP contribution < -0.4 is 15.2 Å². The summed E-state index contributed by atoms with van der Waals surface area (Å²) in [4.78, 5) is 0. The molecule has 0 unspecified atom stereocenters. The Kier molecular flexibility index (Phi) is 5.17. The maximum absolute atomic E-state index is 13.2. The molecular formula is C16H13F6NO2. The number of benzene rings is 2. The molecule has 2 aromatic rings. The average molecular weight is 365 g/mol. The zero-order valence-corrected chi connectivity index (χ0v) is 12.8. The first-order valence-electron chi connectivity index (χ1n) is 6.87. The van der Waals surface area contributed by atoms with Crippen molar-refractivity contribution in [2.75, 3.05) is 7.11 Å². The van der Waals surface area contributed by atoms with Crippen LogP contribution in [-0.4, -0.2) is 13.5 Å². The monoisotopic (exact) mass is 365 g/mol. The molecule has 0 aliphatic carbocycles. The van der Waals surface area contributed by atoms with Gasteiger partial charge in [-0.05, 0) is 35.4 Å². The third-order valence-corrected chi connectivity index (χ3v) is 3.37. The van der Waals surface area contributed by atoms with Gasteiger partial charge in [-0.25, -0.2) is 0 Å². The predicted molar refractivity (Wildman–Crippen MR) is 77.2 cm³/mol. The van der Waals surface area contributed by atoms with Crippen molar-refractivity contribution in [3.63, 3.8) is 0 Å². The fourth-order valence-corrected chi connectivity index (χ4v) is 2.24. The second-order valence-corrected chi connectivity index (χ2v) is 5.05. The summed E-state index contributed by atoms with van der Waals surface area (Å²) in [5.41, 5.74) is 4.88. The Balaban J connectivity index is 2.36. The van der Waals surface area contributed by atoms with E-state index < -0.39 is 29.9 Å². The zero-order valence-electron chi connectivity index (χ0n) is 12.8. The number of ether oxygens (including phenoxy) is 2. The Bertz CT molecular complexity index is 725. The van der Waals surface area contributed by atoms with Gasteiger partial charge in [0.15, 0.2) is 0 Å². The number of rotatable bonds is 4. The van der Waals surface area contributed by atoms with Crippen LogP contribution in [0.15, 0.2) is 42.5 Å². The molecule has 2 rings (SSSR count). The molecule has 0 fully saturated rings. The summed E-state index contributed by atoms with van der Waals surface area (Å²) < 4.78 is 84.6. The van der Waals surface area contributed by atoms with Gasteiger partial charge in [0.05, 0.1) is 18.7 Å². The standard InChI is InChI=1S/C16H13F6NO2/c1-24-11-6-7-12(13(8-11)15(17,18)19)14(23)9-2-4-10(5-3-9)25-16(20,21)22/h2-8,14H,23H2,1H3/t14-/m1/s1. The first kappa shape index (κ1) is 18.9. The van der Waals surface area contributed by atoms with Crippen LogP contribution in [0, 0.1) is 0 Å². The van der Waals surface area contributed by atoms with Gasteiger partial charge in [-0.1, -0.05) is 18.2 Å². The Morgan fingerprint density at radius 3 is 1.92 bits per heavy atom. The number of nitrogens with two attached hydrogens (primary N) is 1. The minimum Gasteiger partial charge on any atom is -0.497 e. The van der Waals surface area contributed by atoms with Gasteiger partial charge >= 0.3 is 12.5 Å². The molecule has 1 atom stereocenters. The largest absolute Gasteiger partial charge is 0.573 e. The van der Waals surface area contributed by atoms with Crippen LogP contribution in [0.4, 0.5) is 26.3 Å². The highest BCUT2D eigenvalue weighted by Crippen LogP contribution is 2.38. The molecule has 0 saturated heterocycles. The highest BCUT2D eigenvalue weighted by molar-refractivity contribution is 5.44. The molecule has 9 heteroatoms. The first-order valence-corrected chi connectivity index (χ1v) is 6.87. The topological polar surface area (TPSA) is 44.5 Å². The maximum atomic E-state index is 13.2. The Hall–Kier alpha value is -2.42. The number of hydrogen-bond donors (Lipinski definition) is 1. The highest BCUT2D eigenvalue weighted by Gasteiger charge is 2.35. The van der Waals surface area contributed by atoms with E-state index in [0.717, 1.165) is 18.2 Å². The van der Waals surface area contributed by atoms with E-state index in [1.807, 2.05) is 0 Å². The Morgan fingerprint density at radius 1 is 0.880 bits per heavy atom. The summed E-state index contributed by atoms with van der Waals surface area (Å²) >= 11 is 0. The molecule has 3 nitrogen and oxygen atoms in total. The number of methoxy groups -OCH3 is 1. The predicted octanol–water partition coefficient (Wildman–Crippen LogP) is 4.66.